The fourth-order valence-corrected chi connectivity index (χ4v) is 3.12. The molecule has 1 aliphatic rings. The second kappa shape index (κ2) is 8.40. The van der Waals surface area contributed by atoms with Gasteiger partial charge in [0.1, 0.15) is 5.75 Å². The van der Waals surface area contributed by atoms with Crippen LogP contribution in [0.3, 0.4) is 0 Å². The zero-order valence-corrected chi connectivity index (χ0v) is 13.7. The van der Waals surface area contributed by atoms with Crippen molar-refractivity contribution in [3.05, 3.63) is 29.3 Å². The molecule has 1 aliphatic carbocycles. The highest BCUT2D eigenvalue weighted by Crippen LogP contribution is 2.27. The average Bonchev–Trinajstić information content (AvgIpc) is 3.00. The van der Waals surface area contributed by atoms with Gasteiger partial charge in [0.05, 0.1) is 13.7 Å². The van der Waals surface area contributed by atoms with Crippen LogP contribution in [0.1, 0.15) is 56.7 Å². The summed E-state index contributed by atoms with van der Waals surface area (Å²) in [5.41, 5.74) is 2.44. The van der Waals surface area contributed by atoms with Gasteiger partial charge < -0.3 is 14.8 Å². The van der Waals surface area contributed by atoms with Crippen molar-refractivity contribution in [2.24, 2.45) is 5.92 Å². The van der Waals surface area contributed by atoms with Gasteiger partial charge in [0, 0.05) is 18.2 Å². The van der Waals surface area contributed by atoms with Gasteiger partial charge >= 0.3 is 0 Å². The molecular formula is C18H29NO2. The summed E-state index contributed by atoms with van der Waals surface area (Å²) >= 11 is 0. The van der Waals surface area contributed by atoms with E-state index in [9.17, 15) is 0 Å². The lowest BCUT2D eigenvalue weighted by Gasteiger charge is -2.17. The van der Waals surface area contributed by atoms with E-state index in [4.69, 9.17) is 9.47 Å². The Hall–Kier alpha value is -1.06. The molecule has 3 nitrogen and oxygen atoms in total. The Morgan fingerprint density at radius 3 is 2.71 bits per heavy atom. The number of hydrogen-bond donors (Lipinski definition) is 1. The lowest BCUT2D eigenvalue weighted by molar-refractivity contribution is 0.0874. The minimum absolute atomic E-state index is 0.356. The van der Waals surface area contributed by atoms with Crippen LogP contribution in [0.2, 0.25) is 0 Å². The summed E-state index contributed by atoms with van der Waals surface area (Å²) in [7, 11) is 1.73. The molecule has 0 aromatic heterocycles. The normalized spacial score (nSPS) is 17.1. The SMILES string of the molecule is CCNC(C)c1ccc(OC)c(COCC2CCCC2)c1. The summed E-state index contributed by atoms with van der Waals surface area (Å²) in [6.07, 6.45) is 5.39. The molecule has 1 saturated carbocycles. The highest BCUT2D eigenvalue weighted by Gasteiger charge is 2.15. The third-order valence-electron chi connectivity index (χ3n) is 4.40. The zero-order chi connectivity index (χ0) is 15.1. The van der Waals surface area contributed by atoms with Crippen molar-refractivity contribution in [3.63, 3.8) is 0 Å². The standard InChI is InChI=1S/C18H29NO2/c1-4-19-14(2)16-9-10-18(20-3)17(11-16)13-21-12-15-7-5-6-8-15/h9-11,14-15,19H,4-8,12-13H2,1-3H3. The molecule has 1 atom stereocenters. The van der Waals surface area contributed by atoms with E-state index < -0.39 is 0 Å². The smallest absolute Gasteiger partial charge is 0.124 e. The van der Waals surface area contributed by atoms with Gasteiger partial charge in [-0.15, -0.1) is 0 Å². The van der Waals surface area contributed by atoms with Crippen LogP contribution in [0.5, 0.6) is 5.75 Å². The summed E-state index contributed by atoms with van der Waals surface area (Å²) in [5, 5.41) is 3.45. The minimum atomic E-state index is 0.356. The Kier molecular flexibility index (Phi) is 6.52. The van der Waals surface area contributed by atoms with E-state index in [1.165, 1.54) is 31.2 Å². The Bertz CT molecular complexity index is 427. The highest BCUT2D eigenvalue weighted by molar-refractivity contribution is 5.38. The second-order valence-electron chi connectivity index (χ2n) is 6.02. The lowest BCUT2D eigenvalue weighted by atomic mass is 10.0. The summed E-state index contributed by atoms with van der Waals surface area (Å²) in [6, 6.07) is 6.75. The number of rotatable bonds is 8. The molecule has 0 aliphatic heterocycles. The van der Waals surface area contributed by atoms with E-state index in [2.05, 4.69) is 37.4 Å². The fraction of sp³-hybridized carbons (Fsp3) is 0.667. The van der Waals surface area contributed by atoms with Crippen molar-refractivity contribution < 1.29 is 9.47 Å². The number of hydrogen-bond acceptors (Lipinski definition) is 3. The van der Waals surface area contributed by atoms with Crippen LogP contribution >= 0.6 is 0 Å². The van der Waals surface area contributed by atoms with Gasteiger partial charge in [-0.3, -0.25) is 0 Å². The Balaban J connectivity index is 1.96. The topological polar surface area (TPSA) is 30.5 Å². The molecule has 1 aromatic rings. The van der Waals surface area contributed by atoms with Crippen molar-refractivity contribution in [2.45, 2.75) is 52.2 Å². The third-order valence-corrected chi connectivity index (χ3v) is 4.40. The lowest BCUT2D eigenvalue weighted by Crippen LogP contribution is -2.18. The molecule has 3 heteroatoms. The second-order valence-corrected chi connectivity index (χ2v) is 6.02. The van der Waals surface area contributed by atoms with Gasteiger partial charge in [-0.1, -0.05) is 25.8 Å². The van der Waals surface area contributed by atoms with Gasteiger partial charge in [-0.05, 0) is 49.9 Å². The van der Waals surface area contributed by atoms with Crippen molar-refractivity contribution in [3.8, 4) is 5.75 Å². The molecule has 0 spiro atoms. The molecule has 2 rings (SSSR count). The highest BCUT2D eigenvalue weighted by atomic mass is 16.5. The van der Waals surface area contributed by atoms with Crippen molar-refractivity contribution in [2.75, 3.05) is 20.3 Å². The number of nitrogens with one attached hydrogen (secondary N) is 1. The molecule has 1 fully saturated rings. The molecule has 21 heavy (non-hydrogen) atoms. The molecular weight excluding hydrogens is 262 g/mol. The third kappa shape index (κ3) is 4.72. The molecule has 118 valence electrons. The number of ether oxygens (including phenoxy) is 2. The van der Waals surface area contributed by atoms with Crippen LogP contribution in [0.25, 0.3) is 0 Å². The summed E-state index contributed by atoms with van der Waals surface area (Å²) in [4.78, 5) is 0. The van der Waals surface area contributed by atoms with Gasteiger partial charge in [-0.2, -0.15) is 0 Å². The molecule has 0 radical (unpaired) electrons. The first-order valence-electron chi connectivity index (χ1n) is 8.22. The first-order valence-corrected chi connectivity index (χ1v) is 8.22. The number of methoxy groups -OCH3 is 1. The van der Waals surface area contributed by atoms with Gasteiger partial charge in [-0.25, -0.2) is 0 Å². The predicted molar refractivity (Wildman–Crippen MR) is 86.7 cm³/mol. The van der Waals surface area contributed by atoms with Crippen LogP contribution < -0.4 is 10.1 Å². The molecule has 0 heterocycles. The van der Waals surface area contributed by atoms with E-state index in [0.717, 1.165) is 30.4 Å². The summed E-state index contributed by atoms with van der Waals surface area (Å²) < 4.78 is 11.4. The van der Waals surface area contributed by atoms with E-state index in [0.29, 0.717) is 12.6 Å². The first kappa shape index (κ1) is 16.3. The van der Waals surface area contributed by atoms with Gasteiger partial charge in [0.2, 0.25) is 0 Å². The molecule has 1 unspecified atom stereocenters. The minimum Gasteiger partial charge on any atom is -0.496 e. The van der Waals surface area contributed by atoms with E-state index in [1.54, 1.807) is 7.11 Å². The van der Waals surface area contributed by atoms with Crippen LogP contribution in [0.15, 0.2) is 18.2 Å². The molecule has 0 bridgehead atoms. The maximum Gasteiger partial charge on any atom is 0.124 e. The van der Waals surface area contributed by atoms with Crippen molar-refractivity contribution >= 4 is 0 Å². The number of benzene rings is 1. The van der Waals surface area contributed by atoms with Crippen LogP contribution in [-0.2, 0) is 11.3 Å². The summed E-state index contributed by atoms with van der Waals surface area (Å²) in [5.74, 6) is 1.69. The largest absolute Gasteiger partial charge is 0.496 e. The average molecular weight is 291 g/mol. The van der Waals surface area contributed by atoms with Crippen LogP contribution in [0, 0.1) is 5.92 Å². The fourth-order valence-electron chi connectivity index (χ4n) is 3.12. The van der Waals surface area contributed by atoms with E-state index in [-0.39, 0.29) is 0 Å². The zero-order valence-electron chi connectivity index (χ0n) is 13.7. The van der Waals surface area contributed by atoms with Crippen LogP contribution in [-0.4, -0.2) is 20.3 Å². The Labute approximate surface area is 129 Å². The Morgan fingerprint density at radius 2 is 2.05 bits per heavy atom. The Morgan fingerprint density at radius 1 is 1.29 bits per heavy atom. The molecule has 1 N–H and O–H groups in total. The van der Waals surface area contributed by atoms with E-state index >= 15 is 0 Å². The van der Waals surface area contributed by atoms with Crippen molar-refractivity contribution in [1.82, 2.24) is 5.32 Å². The molecule has 1 aromatic carbocycles. The maximum absolute atomic E-state index is 5.94. The van der Waals surface area contributed by atoms with Crippen molar-refractivity contribution in [1.29, 1.82) is 0 Å². The predicted octanol–water partition coefficient (Wildman–Crippen LogP) is 4.07. The van der Waals surface area contributed by atoms with Gasteiger partial charge in [0.15, 0.2) is 0 Å². The van der Waals surface area contributed by atoms with Crippen LogP contribution in [0.4, 0.5) is 0 Å². The quantitative estimate of drug-likeness (QED) is 0.783. The molecule has 0 amide bonds. The van der Waals surface area contributed by atoms with Gasteiger partial charge in [0.25, 0.3) is 0 Å². The monoisotopic (exact) mass is 291 g/mol. The van der Waals surface area contributed by atoms with E-state index in [1.807, 2.05) is 0 Å². The maximum atomic E-state index is 5.94. The molecule has 0 saturated heterocycles. The first-order chi connectivity index (χ1) is 10.2. The summed E-state index contributed by atoms with van der Waals surface area (Å²) in [6.45, 7) is 6.82.